The summed E-state index contributed by atoms with van der Waals surface area (Å²) >= 11 is 0. The van der Waals surface area contributed by atoms with Crippen LogP contribution in [-0.4, -0.2) is 47.9 Å². The Balaban J connectivity index is 1.27. The van der Waals surface area contributed by atoms with Crippen molar-refractivity contribution < 1.29 is 14.0 Å². The molecule has 6 nitrogen and oxygen atoms in total. The Bertz CT molecular complexity index is 1010. The lowest BCUT2D eigenvalue weighted by Gasteiger charge is -2.35. The van der Waals surface area contributed by atoms with Gasteiger partial charge in [0.1, 0.15) is 11.9 Å². The number of carbonyl (C=O) groups is 2. The van der Waals surface area contributed by atoms with E-state index in [1.807, 2.05) is 36.1 Å². The first-order chi connectivity index (χ1) is 14.4. The number of nitrogens with one attached hydrogen (secondary N) is 2. The van der Waals surface area contributed by atoms with Gasteiger partial charge in [0.2, 0.25) is 11.8 Å². The first kappa shape index (κ1) is 18.9. The van der Waals surface area contributed by atoms with Crippen LogP contribution in [0.15, 0.2) is 36.4 Å². The molecule has 2 aromatic carbocycles. The number of likely N-dealkylation sites (tertiary alicyclic amines) is 1. The molecule has 0 aromatic heterocycles. The van der Waals surface area contributed by atoms with E-state index in [0.29, 0.717) is 18.0 Å². The number of piperazine rings is 1. The molecule has 5 rings (SSSR count). The van der Waals surface area contributed by atoms with E-state index in [0.717, 1.165) is 42.1 Å². The molecule has 0 radical (unpaired) electrons. The Labute approximate surface area is 175 Å². The zero-order valence-corrected chi connectivity index (χ0v) is 17.1. The van der Waals surface area contributed by atoms with Crippen molar-refractivity contribution in [3.8, 4) is 0 Å². The molecule has 0 aliphatic carbocycles. The Morgan fingerprint density at radius 2 is 2.00 bits per heavy atom. The van der Waals surface area contributed by atoms with Gasteiger partial charge in [-0.1, -0.05) is 12.1 Å². The van der Waals surface area contributed by atoms with E-state index in [1.165, 1.54) is 6.07 Å². The average molecular weight is 408 g/mol. The van der Waals surface area contributed by atoms with Crippen LogP contribution >= 0.6 is 0 Å². The van der Waals surface area contributed by atoms with Gasteiger partial charge in [0, 0.05) is 55.1 Å². The van der Waals surface area contributed by atoms with Gasteiger partial charge in [-0.15, -0.1) is 0 Å². The van der Waals surface area contributed by atoms with Crippen LogP contribution in [0, 0.1) is 12.7 Å². The fourth-order valence-electron chi connectivity index (χ4n) is 5.09. The summed E-state index contributed by atoms with van der Waals surface area (Å²) in [7, 11) is 0. The number of nitrogens with zero attached hydrogens (tertiary/aromatic N) is 2. The number of anilines is 3. The normalized spacial score (nSPS) is 24.0. The van der Waals surface area contributed by atoms with Crippen molar-refractivity contribution in [1.82, 2.24) is 4.90 Å². The molecule has 156 valence electrons. The van der Waals surface area contributed by atoms with Gasteiger partial charge in [-0.25, -0.2) is 4.39 Å². The molecule has 2 saturated heterocycles. The Morgan fingerprint density at radius 1 is 1.17 bits per heavy atom. The van der Waals surface area contributed by atoms with Crippen LogP contribution in [0.5, 0.6) is 0 Å². The van der Waals surface area contributed by atoms with Crippen LogP contribution < -0.4 is 15.5 Å². The van der Waals surface area contributed by atoms with E-state index in [4.69, 9.17) is 0 Å². The Kier molecular flexibility index (Phi) is 4.41. The van der Waals surface area contributed by atoms with Gasteiger partial charge >= 0.3 is 0 Å². The van der Waals surface area contributed by atoms with E-state index in [1.54, 1.807) is 13.0 Å². The summed E-state index contributed by atoms with van der Waals surface area (Å²) in [6.45, 7) is 5.11. The van der Waals surface area contributed by atoms with Crippen LogP contribution in [0.3, 0.4) is 0 Å². The summed E-state index contributed by atoms with van der Waals surface area (Å²) in [5.74, 6) is -0.308. The Hall–Kier alpha value is -3.09. The minimum atomic E-state index is -0.494. The third-order valence-corrected chi connectivity index (χ3v) is 6.60. The smallest absolute Gasteiger partial charge is 0.247 e. The zero-order valence-electron chi connectivity index (χ0n) is 17.1. The summed E-state index contributed by atoms with van der Waals surface area (Å²) in [6.07, 6.45) is 1.33. The van der Waals surface area contributed by atoms with Gasteiger partial charge in [0.15, 0.2) is 0 Å². The molecule has 3 atom stereocenters. The Morgan fingerprint density at radius 3 is 2.70 bits per heavy atom. The highest BCUT2D eigenvalue weighted by Crippen LogP contribution is 2.36. The molecular weight excluding hydrogens is 383 g/mol. The monoisotopic (exact) mass is 408 g/mol. The first-order valence-electron chi connectivity index (χ1n) is 10.4. The molecule has 3 aliphatic rings. The number of aryl methyl sites for hydroxylation is 1. The van der Waals surface area contributed by atoms with Gasteiger partial charge in [0.25, 0.3) is 0 Å². The fourth-order valence-corrected chi connectivity index (χ4v) is 5.09. The average Bonchev–Trinajstić information content (AvgIpc) is 3.45. The van der Waals surface area contributed by atoms with Crippen LogP contribution in [-0.2, 0) is 16.0 Å². The van der Waals surface area contributed by atoms with Crippen molar-refractivity contribution in [3.05, 3.63) is 53.3 Å². The number of hydrogen-bond donors (Lipinski definition) is 2. The molecule has 7 heteroatoms. The third kappa shape index (κ3) is 3.09. The zero-order chi connectivity index (χ0) is 21.0. The highest BCUT2D eigenvalue weighted by molar-refractivity contribution is 5.98. The highest BCUT2D eigenvalue weighted by atomic mass is 19.1. The van der Waals surface area contributed by atoms with Gasteiger partial charge < -0.3 is 20.4 Å². The second-order valence-corrected chi connectivity index (χ2v) is 8.53. The molecule has 3 unspecified atom stereocenters. The van der Waals surface area contributed by atoms with E-state index in [2.05, 4.69) is 15.5 Å². The third-order valence-electron chi connectivity index (χ3n) is 6.60. The van der Waals surface area contributed by atoms with Crippen molar-refractivity contribution in [1.29, 1.82) is 0 Å². The summed E-state index contributed by atoms with van der Waals surface area (Å²) in [6, 6.07) is 11.1. The number of rotatable bonds is 3. The minimum absolute atomic E-state index is 0.139. The molecule has 0 saturated carbocycles. The largest absolute Gasteiger partial charge is 0.373 e. The van der Waals surface area contributed by atoms with Crippen molar-refractivity contribution in [2.75, 3.05) is 28.6 Å². The van der Waals surface area contributed by atoms with Crippen molar-refractivity contribution >= 4 is 28.9 Å². The quantitative estimate of drug-likeness (QED) is 0.820. The summed E-state index contributed by atoms with van der Waals surface area (Å²) in [5.41, 5.74) is 4.01. The van der Waals surface area contributed by atoms with E-state index >= 15 is 0 Å². The number of fused-ring (bicyclic) bond motifs is 3. The lowest BCUT2D eigenvalue weighted by Crippen LogP contribution is -2.48. The SMILES string of the molecule is CC(=O)N1CC2CC1CN2c1cccc(NC(=O)C2Cc3c(F)ccc(C)c3N2)c1. The van der Waals surface area contributed by atoms with Crippen LogP contribution in [0.1, 0.15) is 24.5 Å². The number of halogens is 1. The molecule has 0 spiro atoms. The highest BCUT2D eigenvalue weighted by Gasteiger charge is 2.44. The van der Waals surface area contributed by atoms with Gasteiger partial charge in [-0.3, -0.25) is 9.59 Å². The standard InChI is InChI=1S/C23H25FN4O2/c1-13-6-7-20(24)19-10-21(26-22(13)19)23(30)25-15-4-3-5-16(8-15)28-12-17-9-18(28)11-27(17)14(2)29/h3-8,17-18,21,26H,9-12H2,1-2H3,(H,25,30). The molecule has 2 N–H and O–H groups in total. The summed E-state index contributed by atoms with van der Waals surface area (Å²) < 4.78 is 14.1. The fraction of sp³-hybridized carbons (Fsp3) is 0.391. The van der Waals surface area contributed by atoms with Crippen LogP contribution in [0.25, 0.3) is 0 Å². The van der Waals surface area contributed by atoms with Crippen LogP contribution in [0.4, 0.5) is 21.5 Å². The first-order valence-corrected chi connectivity index (χ1v) is 10.4. The molecule has 2 fully saturated rings. The second-order valence-electron chi connectivity index (χ2n) is 8.53. The lowest BCUT2D eigenvalue weighted by atomic mass is 10.1. The van der Waals surface area contributed by atoms with E-state index in [9.17, 15) is 14.0 Å². The van der Waals surface area contributed by atoms with Gasteiger partial charge in [0.05, 0.1) is 6.04 Å². The molecule has 2 amide bonds. The lowest BCUT2D eigenvalue weighted by molar-refractivity contribution is -0.129. The molecule has 3 heterocycles. The number of amides is 2. The summed E-state index contributed by atoms with van der Waals surface area (Å²) in [5, 5.41) is 6.15. The van der Waals surface area contributed by atoms with Crippen molar-refractivity contribution in [3.63, 3.8) is 0 Å². The van der Waals surface area contributed by atoms with Gasteiger partial charge in [-0.2, -0.15) is 0 Å². The predicted octanol–water partition coefficient (Wildman–Crippen LogP) is 2.92. The van der Waals surface area contributed by atoms with E-state index < -0.39 is 6.04 Å². The maximum atomic E-state index is 14.1. The molecule has 2 bridgehead atoms. The van der Waals surface area contributed by atoms with Crippen molar-refractivity contribution in [2.45, 2.75) is 44.8 Å². The van der Waals surface area contributed by atoms with Crippen molar-refractivity contribution in [2.24, 2.45) is 0 Å². The maximum absolute atomic E-state index is 14.1. The molecule has 3 aliphatic heterocycles. The second kappa shape index (κ2) is 7.00. The number of hydrogen-bond acceptors (Lipinski definition) is 4. The summed E-state index contributed by atoms with van der Waals surface area (Å²) in [4.78, 5) is 28.8. The predicted molar refractivity (Wildman–Crippen MR) is 114 cm³/mol. The minimum Gasteiger partial charge on any atom is -0.373 e. The number of benzene rings is 2. The van der Waals surface area contributed by atoms with Crippen LogP contribution in [0.2, 0.25) is 0 Å². The molecule has 2 aromatic rings. The van der Waals surface area contributed by atoms with Gasteiger partial charge in [-0.05, 0) is 43.2 Å². The van der Waals surface area contributed by atoms with E-state index in [-0.39, 0.29) is 23.7 Å². The number of carbonyl (C=O) groups excluding carboxylic acids is 2. The topological polar surface area (TPSA) is 64.7 Å². The molecule has 30 heavy (non-hydrogen) atoms. The maximum Gasteiger partial charge on any atom is 0.247 e. The molecular formula is C23H25FN4O2.